The van der Waals surface area contributed by atoms with E-state index in [1.165, 1.54) is 0 Å². The lowest BCUT2D eigenvalue weighted by Gasteiger charge is -2.16. The van der Waals surface area contributed by atoms with Crippen LogP contribution in [0.15, 0.2) is 30.3 Å². The second-order valence-electron chi connectivity index (χ2n) is 4.67. The van der Waals surface area contributed by atoms with Crippen molar-refractivity contribution in [2.75, 3.05) is 19.8 Å². The van der Waals surface area contributed by atoms with Gasteiger partial charge in [0.2, 0.25) is 0 Å². The Morgan fingerprint density at radius 2 is 2.00 bits per heavy atom. The minimum absolute atomic E-state index is 0.0571. The normalized spacial score (nSPS) is 13.4. The molecule has 0 radical (unpaired) electrons. The Hall–Kier alpha value is -1.75. The van der Waals surface area contributed by atoms with Crippen molar-refractivity contribution in [2.45, 2.75) is 19.9 Å². The number of para-hydroxylation sites is 1. The molecule has 19 heavy (non-hydrogen) atoms. The van der Waals surface area contributed by atoms with E-state index in [-0.39, 0.29) is 24.6 Å². The Labute approximate surface area is 114 Å². The molecule has 1 aromatic rings. The van der Waals surface area contributed by atoms with Gasteiger partial charge < -0.3 is 20.5 Å². The fraction of sp³-hybridized carbons (Fsp3) is 0.500. The van der Waals surface area contributed by atoms with Crippen molar-refractivity contribution >= 4 is 6.03 Å². The van der Waals surface area contributed by atoms with Crippen LogP contribution in [0.2, 0.25) is 0 Å². The fourth-order valence-corrected chi connectivity index (χ4v) is 1.39. The van der Waals surface area contributed by atoms with Gasteiger partial charge in [-0.3, -0.25) is 0 Å². The van der Waals surface area contributed by atoms with Crippen molar-refractivity contribution in [1.82, 2.24) is 10.6 Å². The van der Waals surface area contributed by atoms with Gasteiger partial charge in [-0.2, -0.15) is 0 Å². The molecular weight excluding hydrogens is 244 g/mol. The Morgan fingerprint density at radius 3 is 2.63 bits per heavy atom. The van der Waals surface area contributed by atoms with Crippen molar-refractivity contribution in [3.63, 3.8) is 0 Å². The lowest BCUT2D eigenvalue weighted by molar-refractivity contribution is 0.214. The molecule has 0 aliphatic heterocycles. The Kier molecular flexibility index (Phi) is 6.74. The summed E-state index contributed by atoms with van der Waals surface area (Å²) in [6.45, 7) is 4.66. The van der Waals surface area contributed by atoms with Crippen LogP contribution < -0.4 is 15.4 Å². The zero-order chi connectivity index (χ0) is 14.1. The summed E-state index contributed by atoms with van der Waals surface area (Å²) in [6.07, 6.45) is 0. The number of carbonyl (C=O) groups is 1. The van der Waals surface area contributed by atoms with E-state index < -0.39 is 0 Å². The summed E-state index contributed by atoms with van der Waals surface area (Å²) in [4.78, 5) is 11.5. The maximum absolute atomic E-state index is 11.5. The topological polar surface area (TPSA) is 70.6 Å². The first-order valence-corrected chi connectivity index (χ1v) is 6.45. The summed E-state index contributed by atoms with van der Waals surface area (Å²) in [7, 11) is 0. The minimum atomic E-state index is -0.246. The zero-order valence-electron chi connectivity index (χ0n) is 11.4. The van der Waals surface area contributed by atoms with Crippen LogP contribution in [0, 0.1) is 5.92 Å². The molecule has 0 heterocycles. The molecule has 0 aliphatic carbocycles. The van der Waals surface area contributed by atoms with Gasteiger partial charge in [0.1, 0.15) is 12.4 Å². The van der Waals surface area contributed by atoms with Crippen LogP contribution in [-0.4, -0.2) is 36.9 Å². The predicted octanol–water partition coefficient (Wildman–Crippen LogP) is 1.38. The number of benzene rings is 1. The molecule has 5 heteroatoms. The summed E-state index contributed by atoms with van der Waals surface area (Å²) in [5, 5.41) is 14.3. The molecule has 5 nitrogen and oxygen atoms in total. The van der Waals surface area contributed by atoms with E-state index in [0.717, 1.165) is 5.75 Å². The van der Waals surface area contributed by atoms with E-state index in [1.807, 2.05) is 44.2 Å². The van der Waals surface area contributed by atoms with Crippen LogP contribution in [-0.2, 0) is 0 Å². The summed E-state index contributed by atoms with van der Waals surface area (Å²) in [5.74, 6) is 0.840. The van der Waals surface area contributed by atoms with Crippen LogP contribution in [0.1, 0.15) is 13.8 Å². The molecule has 106 valence electrons. The first kappa shape index (κ1) is 15.3. The number of carbonyl (C=O) groups excluding carboxylic acids is 1. The molecule has 0 saturated heterocycles. The largest absolute Gasteiger partial charge is 0.491 e. The number of nitrogens with one attached hydrogen (secondary N) is 2. The minimum Gasteiger partial charge on any atom is -0.491 e. The molecule has 0 aliphatic rings. The van der Waals surface area contributed by atoms with Crippen LogP contribution in [0.5, 0.6) is 5.75 Å². The molecule has 2 amide bonds. The van der Waals surface area contributed by atoms with Gasteiger partial charge in [-0.05, 0) is 25.0 Å². The number of aliphatic hydroxyl groups excluding tert-OH is 1. The van der Waals surface area contributed by atoms with Gasteiger partial charge in [0, 0.05) is 13.2 Å². The molecule has 0 fully saturated rings. The van der Waals surface area contributed by atoms with Gasteiger partial charge in [0.25, 0.3) is 0 Å². The summed E-state index contributed by atoms with van der Waals surface area (Å²) in [5.41, 5.74) is 0. The SMILES string of the molecule is CC(CO)CNC(=O)NC(C)COc1ccccc1. The highest BCUT2D eigenvalue weighted by molar-refractivity contribution is 5.74. The Balaban J connectivity index is 2.20. The highest BCUT2D eigenvalue weighted by Crippen LogP contribution is 2.08. The van der Waals surface area contributed by atoms with Crippen LogP contribution >= 0.6 is 0 Å². The molecule has 1 rings (SSSR count). The number of hydrogen-bond donors (Lipinski definition) is 3. The fourth-order valence-electron chi connectivity index (χ4n) is 1.39. The molecular formula is C14H22N2O3. The van der Waals surface area contributed by atoms with Crippen LogP contribution in [0.25, 0.3) is 0 Å². The third-order valence-corrected chi connectivity index (χ3v) is 2.54. The molecule has 0 spiro atoms. The number of hydrogen-bond acceptors (Lipinski definition) is 3. The first-order chi connectivity index (χ1) is 9.11. The van der Waals surface area contributed by atoms with Crippen molar-refractivity contribution in [2.24, 2.45) is 5.92 Å². The zero-order valence-corrected chi connectivity index (χ0v) is 11.4. The summed E-state index contributed by atoms with van der Waals surface area (Å²) < 4.78 is 5.53. The van der Waals surface area contributed by atoms with Gasteiger partial charge in [-0.25, -0.2) is 4.79 Å². The van der Waals surface area contributed by atoms with Gasteiger partial charge in [-0.15, -0.1) is 0 Å². The summed E-state index contributed by atoms with van der Waals surface area (Å²) >= 11 is 0. The number of rotatable bonds is 7. The second-order valence-corrected chi connectivity index (χ2v) is 4.67. The smallest absolute Gasteiger partial charge is 0.315 e. The van der Waals surface area contributed by atoms with Gasteiger partial charge >= 0.3 is 6.03 Å². The lowest BCUT2D eigenvalue weighted by Crippen LogP contribution is -2.44. The van der Waals surface area contributed by atoms with Crippen molar-refractivity contribution in [3.05, 3.63) is 30.3 Å². The van der Waals surface area contributed by atoms with E-state index >= 15 is 0 Å². The highest BCUT2D eigenvalue weighted by atomic mass is 16.5. The third-order valence-electron chi connectivity index (χ3n) is 2.54. The van der Waals surface area contributed by atoms with E-state index in [9.17, 15) is 4.79 Å². The number of ether oxygens (including phenoxy) is 1. The Morgan fingerprint density at radius 1 is 1.32 bits per heavy atom. The van der Waals surface area contributed by atoms with E-state index in [4.69, 9.17) is 9.84 Å². The number of urea groups is 1. The van der Waals surface area contributed by atoms with Crippen molar-refractivity contribution in [3.8, 4) is 5.75 Å². The second kappa shape index (κ2) is 8.37. The van der Waals surface area contributed by atoms with Gasteiger partial charge in [0.15, 0.2) is 0 Å². The van der Waals surface area contributed by atoms with E-state index in [2.05, 4.69) is 10.6 Å². The van der Waals surface area contributed by atoms with E-state index in [0.29, 0.717) is 13.2 Å². The molecule has 1 aromatic carbocycles. The number of amides is 2. The van der Waals surface area contributed by atoms with Crippen LogP contribution in [0.4, 0.5) is 4.79 Å². The average molecular weight is 266 g/mol. The molecule has 0 saturated carbocycles. The van der Waals surface area contributed by atoms with Gasteiger partial charge in [-0.1, -0.05) is 25.1 Å². The molecule has 0 aromatic heterocycles. The van der Waals surface area contributed by atoms with E-state index in [1.54, 1.807) is 0 Å². The average Bonchev–Trinajstić information content (AvgIpc) is 2.43. The van der Waals surface area contributed by atoms with Crippen molar-refractivity contribution in [1.29, 1.82) is 0 Å². The third kappa shape index (κ3) is 6.67. The quantitative estimate of drug-likeness (QED) is 0.698. The molecule has 2 unspecified atom stereocenters. The highest BCUT2D eigenvalue weighted by Gasteiger charge is 2.08. The van der Waals surface area contributed by atoms with Crippen molar-refractivity contribution < 1.29 is 14.6 Å². The maximum Gasteiger partial charge on any atom is 0.315 e. The predicted molar refractivity (Wildman–Crippen MR) is 74.2 cm³/mol. The lowest BCUT2D eigenvalue weighted by atomic mass is 10.2. The Bertz CT molecular complexity index is 370. The number of aliphatic hydroxyl groups is 1. The summed E-state index contributed by atoms with van der Waals surface area (Å²) in [6, 6.07) is 9.12. The first-order valence-electron chi connectivity index (χ1n) is 6.45. The standard InChI is InChI=1S/C14H22N2O3/c1-11(9-17)8-15-14(18)16-12(2)10-19-13-6-4-3-5-7-13/h3-7,11-12,17H,8-10H2,1-2H3,(H2,15,16,18). The van der Waals surface area contributed by atoms with Gasteiger partial charge in [0.05, 0.1) is 6.04 Å². The molecule has 2 atom stereocenters. The monoisotopic (exact) mass is 266 g/mol. The maximum atomic E-state index is 11.5. The molecule has 0 bridgehead atoms. The molecule has 3 N–H and O–H groups in total. The van der Waals surface area contributed by atoms with Crippen LogP contribution in [0.3, 0.4) is 0 Å².